The number of esters is 1. The molecule has 2 heterocycles. The minimum atomic E-state index is -0.724. The molecule has 0 bridgehead atoms. The van der Waals surface area contributed by atoms with Gasteiger partial charge in [0.15, 0.2) is 6.61 Å². The molecule has 0 aliphatic heterocycles. The van der Waals surface area contributed by atoms with Crippen LogP contribution in [0.4, 0.5) is 10.1 Å². The van der Waals surface area contributed by atoms with E-state index in [9.17, 15) is 18.8 Å². The maximum absolute atomic E-state index is 13.5. The predicted octanol–water partition coefficient (Wildman–Crippen LogP) is 2.84. The number of halogens is 1. The molecule has 1 amide bonds. The van der Waals surface area contributed by atoms with Gasteiger partial charge in [0.25, 0.3) is 11.5 Å². The quantitative estimate of drug-likeness (QED) is 0.668. The van der Waals surface area contributed by atoms with Crippen molar-refractivity contribution in [2.75, 3.05) is 11.9 Å². The fourth-order valence-electron chi connectivity index (χ4n) is 2.51. The molecule has 0 fully saturated rings. The summed E-state index contributed by atoms with van der Waals surface area (Å²) in [6.07, 6.45) is 0. The summed E-state index contributed by atoms with van der Waals surface area (Å²) in [5.41, 5.74) is 0.848. The molecule has 2 aromatic heterocycles. The van der Waals surface area contributed by atoms with Crippen molar-refractivity contribution < 1.29 is 18.7 Å². The van der Waals surface area contributed by atoms with Gasteiger partial charge in [0.2, 0.25) is 0 Å². The van der Waals surface area contributed by atoms with E-state index in [0.29, 0.717) is 27.2 Å². The number of aryl methyl sites for hydroxylation is 3. The lowest BCUT2D eigenvalue weighted by atomic mass is 10.2. The van der Waals surface area contributed by atoms with Crippen LogP contribution in [0.15, 0.2) is 23.0 Å². The Hall–Kier alpha value is -3.07. The Labute approximate surface area is 157 Å². The van der Waals surface area contributed by atoms with Crippen LogP contribution in [0.3, 0.4) is 0 Å². The number of carbonyl (C=O) groups is 2. The Bertz CT molecular complexity index is 1120. The van der Waals surface area contributed by atoms with Crippen molar-refractivity contribution >= 4 is 39.1 Å². The zero-order chi connectivity index (χ0) is 19.7. The van der Waals surface area contributed by atoms with Crippen molar-refractivity contribution in [3.05, 3.63) is 56.2 Å². The number of anilines is 1. The highest BCUT2D eigenvalue weighted by atomic mass is 32.1. The maximum atomic E-state index is 13.5. The maximum Gasteiger partial charge on any atom is 0.349 e. The average Bonchev–Trinajstić information content (AvgIpc) is 2.93. The van der Waals surface area contributed by atoms with Crippen LogP contribution >= 0.6 is 11.3 Å². The number of fused-ring (bicyclic) bond motifs is 1. The third-order valence-corrected chi connectivity index (χ3v) is 5.06. The number of thiophene rings is 1. The standard InChI is InChI=1S/C18H16FN3O4S/c1-8-4-5-11(6-12(8)19)22-13(23)7-26-18(25)15-9(2)14-16(24)20-10(3)21-17(14)27-15/h4-6H,7H2,1-3H3,(H,22,23)(H,20,21,24). The van der Waals surface area contributed by atoms with E-state index in [2.05, 4.69) is 15.3 Å². The zero-order valence-electron chi connectivity index (χ0n) is 14.8. The summed E-state index contributed by atoms with van der Waals surface area (Å²) in [6.45, 7) is 4.34. The second-order valence-corrected chi connectivity index (χ2v) is 6.98. The highest BCUT2D eigenvalue weighted by Crippen LogP contribution is 2.27. The van der Waals surface area contributed by atoms with Crippen LogP contribution < -0.4 is 10.9 Å². The van der Waals surface area contributed by atoms with Crippen molar-refractivity contribution in [3.8, 4) is 0 Å². The number of aromatic amines is 1. The second-order valence-electron chi connectivity index (χ2n) is 5.98. The molecule has 140 valence electrons. The number of amides is 1. The van der Waals surface area contributed by atoms with E-state index in [1.54, 1.807) is 26.8 Å². The van der Waals surface area contributed by atoms with Crippen LogP contribution in [-0.2, 0) is 9.53 Å². The van der Waals surface area contributed by atoms with Crippen molar-refractivity contribution in [2.45, 2.75) is 20.8 Å². The average molecular weight is 389 g/mol. The minimum absolute atomic E-state index is 0.211. The van der Waals surface area contributed by atoms with Gasteiger partial charge in [0, 0.05) is 5.69 Å². The molecule has 1 aromatic carbocycles. The molecule has 27 heavy (non-hydrogen) atoms. The van der Waals surface area contributed by atoms with Crippen LogP contribution in [-0.4, -0.2) is 28.5 Å². The molecular formula is C18H16FN3O4S. The highest BCUT2D eigenvalue weighted by Gasteiger charge is 2.21. The van der Waals surface area contributed by atoms with E-state index in [0.717, 1.165) is 11.3 Å². The molecule has 3 aromatic rings. The van der Waals surface area contributed by atoms with Gasteiger partial charge in [-0.05, 0) is 44.0 Å². The van der Waals surface area contributed by atoms with Crippen molar-refractivity contribution in [1.29, 1.82) is 0 Å². The molecular weight excluding hydrogens is 373 g/mol. The van der Waals surface area contributed by atoms with E-state index in [-0.39, 0.29) is 16.1 Å². The Morgan fingerprint density at radius 2 is 2.04 bits per heavy atom. The lowest BCUT2D eigenvalue weighted by molar-refractivity contribution is -0.119. The summed E-state index contributed by atoms with van der Waals surface area (Å²) >= 11 is 1.03. The Balaban J connectivity index is 1.70. The molecule has 0 atom stereocenters. The van der Waals surface area contributed by atoms with Crippen LogP contribution in [0.2, 0.25) is 0 Å². The highest BCUT2D eigenvalue weighted by molar-refractivity contribution is 7.20. The second kappa shape index (κ2) is 7.28. The number of H-pyrrole nitrogens is 1. The third kappa shape index (κ3) is 3.87. The number of rotatable bonds is 4. The topological polar surface area (TPSA) is 101 Å². The number of hydrogen-bond donors (Lipinski definition) is 2. The SMILES string of the molecule is Cc1nc2sc(C(=O)OCC(=O)Nc3ccc(C)c(F)c3)c(C)c2c(=O)[nH]1. The van der Waals surface area contributed by atoms with Crippen molar-refractivity contribution in [3.63, 3.8) is 0 Å². The first kappa shape index (κ1) is 18.7. The van der Waals surface area contributed by atoms with E-state index < -0.39 is 24.3 Å². The van der Waals surface area contributed by atoms with Crippen molar-refractivity contribution in [1.82, 2.24) is 9.97 Å². The molecule has 0 unspecified atom stereocenters. The predicted molar refractivity (Wildman–Crippen MR) is 99.8 cm³/mol. The Kier molecular flexibility index (Phi) is 5.04. The molecule has 9 heteroatoms. The Morgan fingerprint density at radius 1 is 1.30 bits per heavy atom. The van der Waals surface area contributed by atoms with Gasteiger partial charge in [-0.3, -0.25) is 9.59 Å². The Morgan fingerprint density at radius 3 is 2.74 bits per heavy atom. The van der Waals surface area contributed by atoms with Gasteiger partial charge in [0.05, 0.1) is 5.39 Å². The van der Waals surface area contributed by atoms with E-state index in [1.165, 1.54) is 12.1 Å². The number of benzene rings is 1. The van der Waals surface area contributed by atoms with Gasteiger partial charge in [-0.2, -0.15) is 0 Å². The number of ether oxygens (including phenoxy) is 1. The summed E-state index contributed by atoms with van der Waals surface area (Å²) < 4.78 is 18.5. The monoisotopic (exact) mass is 389 g/mol. The minimum Gasteiger partial charge on any atom is -0.451 e. The van der Waals surface area contributed by atoms with E-state index >= 15 is 0 Å². The summed E-state index contributed by atoms with van der Waals surface area (Å²) in [5, 5.41) is 2.79. The number of nitrogens with one attached hydrogen (secondary N) is 2. The fraction of sp³-hybridized carbons (Fsp3) is 0.222. The third-order valence-electron chi connectivity index (χ3n) is 3.89. The molecule has 0 saturated carbocycles. The molecule has 3 rings (SSSR count). The van der Waals surface area contributed by atoms with Gasteiger partial charge >= 0.3 is 5.97 Å². The van der Waals surface area contributed by atoms with Crippen LogP contribution in [0.25, 0.3) is 10.2 Å². The number of aromatic nitrogens is 2. The molecule has 2 N–H and O–H groups in total. The molecule has 0 spiro atoms. The van der Waals surface area contributed by atoms with Gasteiger partial charge in [0.1, 0.15) is 21.3 Å². The van der Waals surface area contributed by atoms with Crippen LogP contribution in [0, 0.1) is 26.6 Å². The van der Waals surface area contributed by atoms with Gasteiger partial charge in [-0.1, -0.05) is 6.07 Å². The lowest BCUT2D eigenvalue weighted by Crippen LogP contribution is -2.21. The first-order valence-corrected chi connectivity index (χ1v) is 8.81. The first-order chi connectivity index (χ1) is 12.8. The normalized spacial score (nSPS) is 10.8. The molecule has 0 saturated heterocycles. The van der Waals surface area contributed by atoms with Crippen LogP contribution in [0.1, 0.15) is 26.6 Å². The van der Waals surface area contributed by atoms with Crippen LogP contribution in [0.5, 0.6) is 0 Å². The lowest BCUT2D eigenvalue weighted by Gasteiger charge is -2.07. The summed E-state index contributed by atoms with van der Waals surface area (Å²) in [6, 6.07) is 4.27. The smallest absolute Gasteiger partial charge is 0.349 e. The first-order valence-electron chi connectivity index (χ1n) is 7.99. The zero-order valence-corrected chi connectivity index (χ0v) is 15.6. The summed E-state index contributed by atoms with van der Waals surface area (Å²) in [7, 11) is 0. The molecule has 7 nitrogen and oxygen atoms in total. The summed E-state index contributed by atoms with van der Waals surface area (Å²) in [4.78, 5) is 43.7. The van der Waals surface area contributed by atoms with Gasteiger partial charge < -0.3 is 15.0 Å². The van der Waals surface area contributed by atoms with Gasteiger partial charge in [-0.25, -0.2) is 14.2 Å². The van der Waals surface area contributed by atoms with E-state index in [4.69, 9.17) is 4.74 Å². The molecule has 0 aliphatic carbocycles. The van der Waals surface area contributed by atoms with E-state index in [1.807, 2.05) is 0 Å². The largest absolute Gasteiger partial charge is 0.451 e. The number of hydrogen-bond acceptors (Lipinski definition) is 6. The fourth-order valence-corrected chi connectivity index (χ4v) is 3.63. The molecule has 0 radical (unpaired) electrons. The van der Waals surface area contributed by atoms with Gasteiger partial charge in [-0.15, -0.1) is 11.3 Å². The summed E-state index contributed by atoms with van der Waals surface area (Å²) in [5.74, 6) is -1.33. The number of carbonyl (C=O) groups excluding carboxylic acids is 2. The number of nitrogens with zero attached hydrogens (tertiary/aromatic N) is 1. The van der Waals surface area contributed by atoms with Crippen molar-refractivity contribution in [2.24, 2.45) is 0 Å². The molecule has 0 aliphatic rings.